The van der Waals surface area contributed by atoms with Gasteiger partial charge in [0.15, 0.2) is 0 Å². The second-order valence-electron chi connectivity index (χ2n) is 5.71. The summed E-state index contributed by atoms with van der Waals surface area (Å²) in [6.07, 6.45) is 0.745. The molecule has 0 aliphatic rings. The zero-order chi connectivity index (χ0) is 19.6. The highest BCUT2D eigenvalue weighted by atomic mass is 35.5. The van der Waals surface area contributed by atoms with Crippen LogP contribution < -0.4 is 16.0 Å². The molecule has 0 radical (unpaired) electrons. The lowest BCUT2D eigenvalue weighted by Crippen LogP contribution is -2.25. The SMILES string of the molecule is COCCCNC(=O)c1cccc(NCC(=O)Nc2ccc(Cl)c(Cl)c2)c1. The van der Waals surface area contributed by atoms with E-state index < -0.39 is 0 Å². The van der Waals surface area contributed by atoms with Crippen LogP contribution in [0.15, 0.2) is 42.5 Å². The lowest BCUT2D eigenvalue weighted by molar-refractivity contribution is -0.114. The van der Waals surface area contributed by atoms with E-state index in [1.807, 2.05) is 0 Å². The van der Waals surface area contributed by atoms with Crippen LogP contribution in [0.3, 0.4) is 0 Å². The maximum Gasteiger partial charge on any atom is 0.251 e. The number of ether oxygens (including phenoxy) is 1. The van der Waals surface area contributed by atoms with E-state index in [1.54, 1.807) is 49.6 Å². The summed E-state index contributed by atoms with van der Waals surface area (Å²) in [5, 5.41) is 9.32. The van der Waals surface area contributed by atoms with Gasteiger partial charge in [0, 0.05) is 37.2 Å². The molecule has 0 aliphatic carbocycles. The largest absolute Gasteiger partial charge is 0.385 e. The molecule has 0 spiro atoms. The van der Waals surface area contributed by atoms with Crippen molar-refractivity contribution in [1.82, 2.24) is 5.32 Å². The molecule has 2 aromatic carbocycles. The fraction of sp³-hybridized carbons (Fsp3) is 0.263. The maximum atomic E-state index is 12.1. The third kappa shape index (κ3) is 7.09. The van der Waals surface area contributed by atoms with Crippen LogP contribution in [0.1, 0.15) is 16.8 Å². The van der Waals surface area contributed by atoms with Crippen molar-refractivity contribution in [2.45, 2.75) is 6.42 Å². The Balaban J connectivity index is 1.85. The van der Waals surface area contributed by atoms with Crippen molar-refractivity contribution in [3.63, 3.8) is 0 Å². The first-order valence-corrected chi connectivity index (χ1v) is 9.11. The molecule has 0 aromatic heterocycles. The summed E-state index contributed by atoms with van der Waals surface area (Å²) in [6.45, 7) is 1.17. The number of hydrogen-bond donors (Lipinski definition) is 3. The molecule has 0 unspecified atom stereocenters. The lowest BCUT2D eigenvalue weighted by Gasteiger charge is -2.10. The van der Waals surface area contributed by atoms with Gasteiger partial charge in [-0.1, -0.05) is 29.3 Å². The molecule has 0 atom stereocenters. The van der Waals surface area contributed by atoms with Gasteiger partial charge in [0.2, 0.25) is 5.91 Å². The van der Waals surface area contributed by atoms with Crippen LogP contribution in [-0.2, 0) is 9.53 Å². The van der Waals surface area contributed by atoms with E-state index in [9.17, 15) is 9.59 Å². The third-order valence-electron chi connectivity index (χ3n) is 3.59. The van der Waals surface area contributed by atoms with E-state index >= 15 is 0 Å². The zero-order valence-corrected chi connectivity index (χ0v) is 16.4. The number of carbonyl (C=O) groups excluding carboxylic acids is 2. The van der Waals surface area contributed by atoms with Gasteiger partial charge in [-0.25, -0.2) is 0 Å². The molecular weight excluding hydrogens is 389 g/mol. The normalized spacial score (nSPS) is 10.3. The number of methoxy groups -OCH3 is 1. The Morgan fingerprint density at radius 1 is 1.04 bits per heavy atom. The molecule has 2 amide bonds. The zero-order valence-electron chi connectivity index (χ0n) is 14.9. The highest BCUT2D eigenvalue weighted by Gasteiger charge is 2.08. The Bertz CT molecular complexity index is 800. The summed E-state index contributed by atoms with van der Waals surface area (Å²) in [5.74, 6) is -0.419. The van der Waals surface area contributed by atoms with Crippen molar-refractivity contribution in [1.29, 1.82) is 0 Å². The minimum Gasteiger partial charge on any atom is -0.385 e. The fourth-order valence-electron chi connectivity index (χ4n) is 2.25. The first-order chi connectivity index (χ1) is 13.0. The molecule has 0 bridgehead atoms. The van der Waals surface area contributed by atoms with Gasteiger partial charge in [0.05, 0.1) is 16.6 Å². The van der Waals surface area contributed by atoms with Gasteiger partial charge < -0.3 is 20.7 Å². The minimum atomic E-state index is -0.247. The topological polar surface area (TPSA) is 79.5 Å². The van der Waals surface area contributed by atoms with Gasteiger partial charge in [-0.05, 0) is 42.8 Å². The average Bonchev–Trinajstić information content (AvgIpc) is 2.66. The Hall–Kier alpha value is -2.28. The van der Waals surface area contributed by atoms with Gasteiger partial charge in [-0.3, -0.25) is 9.59 Å². The molecule has 0 saturated carbocycles. The van der Waals surface area contributed by atoms with Gasteiger partial charge in [-0.15, -0.1) is 0 Å². The van der Waals surface area contributed by atoms with Crippen LogP contribution in [0.5, 0.6) is 0 Å². The monoisotopic (exact) mass is 409 g/mol. The molecule has 2 aromatic rings. The van der Waals surface area contributed by atoms with Crippen molar-refractivity contribution in [2.24, 2.45) is 0 Å². The second-order valence-corrected chi connectivity index (χ2v) is 6.53. The Kier molecular flexibility index (Phi) is 8.39. The molecule has 0 saturated heterocycles. The summed E-state index contributed by atoms with van der Waals surface area (Å²) >= 11 is 11.8. The van der Waals surface area contributed by atoms with E-state index in [0.29, 0.717) is 40.1 Å². The maximum absolute atomic E-state index is 12.1. The predicted molar refractivity (Wildman–Crippen MR) is 109 cm³/mol. The average molecular weight is 410 g/mol. The van der Waals surface area contributed by atoms with Crippen LogP contribution in [0.25, 0.3) is 0 Å². The molecule has 6 nitrogen and oxygen atoms in total. The molecule has 0 heterocycles. The lowest BCUT2D eigenvalue weighted by atomic mass is 10.2. The van der Waals surface area contributed by atoms with Crippen LogP contribution in [0.4, 0.5) is 11.4 Å². The highest BCUT2D eigenvalue weighted by molar-refractivity contribution is 6.42. The van der Waals surface area contributed by atoms with E-state index in [2.05, 4.69) is 16.0 Å². The van der Waals surface area contributed by atoms with Crippen LogP contribution >= 0.6 is 23.2 Å². The van der Waals surface area contributed by atoms with Crippen molar-refractivity contribution in [2.75, 3.05) is 37.4 Å². The number of amides is 2. The first-order valence-electron chi connectivity index (χ1n) is 8.35. The van der Waals surface area contributed by atoms with Gasteiger partial charge in [0.1, 0.15) is 0 Å². The Morgan fingerprint density at radius 2 is 1.85 bits per heavy atom. The second kappa shape index (κ2) is 10.8. The highest BCUT2D eigenvalue weighted by Crippen LogP contribution is 2.24. The predicted octanol–water partition coefficient (Wildman–Crippen LogP) is 3.81. The Morgan fingerprint density at radius 3 is 2.59 bits per heavy atom. The molecule has 2 rings (SSSR count). The summed E-state index contributed by atoms with van der Waals surface area (Å²) in [4.78, 5) is 24.2. The van der Waals surface area contributed by atoms with Crippen molar-refractivity contribution >= 4 is 46.4 Å². The number of rotatable bonds is 9. The Labute approximate surface area is 168 Å². The number of nitrogens with one attached hydrogen (secondary N) is 3. The first kappa shape index (κ1) is 21.0. The van der Waals surface area contributed by atoms with Crippen LogP contribution in [-0.4, -0.2) is 38.6 Å². The smallest absolute Gasteiger partial charge is 0.251 e. The molecule has 3 N–H and O–H groups in total. The van der Waals surface area contributed by atoms with Gasteiger partial charge in [-0.2, -0.15) is 0 Å². The summed E-state index contributed by atoms with van der Waals surface area (Å²) in [7, 11) is 1.62. The number of hydrogen-bond acceptors (Lipinski definition) is 4. The van der Waals surface area contributed by atoms with E-state index in [4.69, 9.17) is 27.9 Å². The number of anilines is 2. The standard InChI is InChI=1S/C19H21Cl2N3O3/c1-27-9-3-8-22-19(26)13-4-2-5-14(10-13)23-12-18(25)24-15-6-7-16(20)17(21)11-15/h2,4-7,10-11,23H,3,8-9,12H2,1H3,(H,22,26)(H,24,25). The van der Waals surface area contributed by atoms with E-state index in [-0.39, 0.29) is 18.4 Å². The van der Waals surface area contributed by atoms with Crippen molar-refractivity contribution < 1.29 is 14.3 Å². The van der Waals surface area contributed by atoms with Gasteiger partial charge >= 0.3 is 0 Å². The summed E-state index contributed by atoms with van der Waals surface area (Å²) in [5.41, 5.74) is 1.74. The molecule has 144 valence electrons. The molecule has 0 fully saturated rings. The van der Waals surface area contributed by atoms with E-state index in [1.165, 1.54) is 0 Å². The number of carbonyl (C=O) groups is 2. The molecular formula is C19H21Cl2N3O3. The van der Waals surface area contributed by atoms with Crippen LogP contribution in [0, 0.1) is 0 Å². The third-order valence-corrected chi connectivity index (χ3v) is 4.33. The molecule has 8 heteroatoms. The minimum absolute atomic E-state index is 0.0408. The number of halogens is 2. The summed E-state index contributed by atoms with van der Waals surface area (Å²) in [6, 6.07) is 11.8. The molecule has 27 heavy (non-hydrogen) atoms. The van der Waals surface area contributed by atoms with Gasteiger partial charge in [0.25, 0.3) is 5.91 Å². The quantitative estimate of drug-likeness (QED) is 0.550. The van der Waals surface area contributed by atoms with Crippen molar-refractivity contribution in [3.05, 3.63) is 58.1 Å². The van der Waals surface area contributed by atoms with E-state index in [0.717, 1.165) is 6.42 Å². The summed E-state index contributed by atoms with van der Waals surface area (Å²) < 4.78 is 4.94. The molecule has 0 aliphatic heterocycles. The fourth-order valence-corrected chi connectivity index (χ4v) is 2.55. The number of benzene rings is 2. The van der Waals surface area contributed by atoms with Crippen molar-refractivity contribution in [3.8, 4) is 0 Å². The van der Waals surface area contributed by atoms with Crippen LogP contribution in [0.2, 0.25) is 10.0 Å².